The first-order chi connectivity index (χ1) is 13.0. The van der Waals surface area contributed by atoms with Crippen LogP contribution in [-0.2, 0) is 20.7 Å². The van der Waals surface area contributed by atoms with Crippen molar-refractivity contribution in [3.05, 3.63) is 46.3 Å². The van der Waals surface area contributed by atoms with E-state index in [1.807, 2.05) is 30.3 Å². The maximum Gasteiger partial charge on any atom is 0.408 e. The van der Waals surface area contributed by atoms with Crippen LogP contribution in [0.2, 0.25) is 0 Å². The van der Waals surface area contributed by atoms with Gasteiger partial charge >= 0.3 is 6.09 Å². The van der Waals surface area contributed by atoms with E-state index >= 15 is 0 Å². The lowest BCUT2D eigenvalue weighted by atomic mass is 10.0. The van der Waals surface area contributed by atoms with E-state index < -0.39 is 35.6 Å². The smallest absolute Gasteiger partial charge is 0.408 e. The molecule has 0 fully saturated rings. The minimum atomic E-state index is -0.998. The predicted octanol–water partition coefficient (Wildman–Crippen LogP) is 3.10. The molecule has 0 bridgehead atoms. The average Bonchev–Trinajstić information content (AvgIpc) is 2.58. The Labute approximate surface area is 164 Å². The van der Waals surface area contributed by atoms with Crippen LogP contribution in [0.4, 0.5) is 4.79 Å². The summed E-state index contributed by atoms with van der Waals surface area (Å²) in [5.41, 5.74) is 8.58. The van der Waals surface area contributed by atoms with Crippen molar-refractivity contribution in [1.82, 2.24) is 10.6 Å². The van der Waals surface area contributed by atoms with Crippen molar-refractivity contribution in [3.63, 3.8) is 0 Å². The van der Waals surface area contributed by atoms with Gasteiger partial charge in [-0.15, -0.1) is 0 Å². The zero-order valence-corrected chi connectivity index (χ0v) is 16.8. The van der Waals surface area contributed by atoms with Gasteiger partial charge in [-0.3, -0.25) is 9.59 Å². The number of nitrogens with one attached hydrogen (secondary N) is 2. The second-order valence-electron chi connectivity index (χ2n) is 7.65. The SMILES string of the molecule is CC(C)C(NC(=O)C(Cc1ccccc1)NC(=O)OC(C)(C)C)C(=O)N=[N+]=[N-]. The Morgan fingerprint density at radius 3 is 2.25 bits per heavy atom. The molecule has 9 heteroatoms. The van der Waals surface area contributed by atoms with Crippen molar-refractivity contribution in [3.8, 4) is 0 Å². The summed E-state index contributed by atoms with van der Waals surface area (Å²) in [6.45, 7) is 8.57. The van der Waals surface area contributed by atoms with E-state index in [2.05, 4.69) is 20.7 Å². The molecule has 0 saturated heterocycles. The number of nitrogens with zero attached hydrogens (tertiary/aromatic N) is 3. The summed E-state index contributed by atoms with van der Waals surface area (Å²) in [5, 5.41) is 8.18. The highest BCUT2D eigenvalue weighted by Crippen LogP contribution is 2.10. The first-order valence-electron chi connectivity index (χ1n) is 8.96. The highest BCUT2D eigenvalue weighted by atomic mass is 16.6. The third-order valence-corrected chi connectivity index (χ3v) is 3.66. The summed E-state index contributed by atoms with van der Waals surface area (Å²) in [4.78, 5) is 39.4. The van der Waals surface area contributed by atoms with Crippen LogP contribution in [0.25, 0.3) is 10.4 Å². The Balaban J connectivity index is 3.00. The van der Waals surface area contributed by atoms with Gasteiger partial charge in [-0.2, -0.15) is 0 Å². The number of azide groups is 1. The lowest BCUT2D eigenvalue weighted by Gasteiger charge is -2.26. The molecule has 0 saturated carbocycles. The van der Waals surface area contributed by atoms with E-state index in [1.54, 1.807) is 34.6 Å². The zero-order valence-electron chi connectivity index (χ0n) is 16.8. The Morgan fingerprint density at radius 1 is 1.14 bits per heavy atom. The molecule has 1 aromatic carbocycles. The standard InChI is InChI=1S/C19H27N5O4/c1-12(2)15(17(26)23-24-20)22-16(25)14(11-13-9-7-6-8-10-13)21-18(27)28-19(3,4)5/h6-10,12,14-15H,11H2,1-5H3,(H,21,27)(H,22,25). The molecule has 152 valence electrons. The lowest BCUT2D eigenvalue weighted by Crippen LogP contribution is -2.54. The van der Waals surface area contributed by atoms with Crippen LogP contribution >= 0.6 is 0 Å². The summed E-state index contributed by atoms with van der Waals surface area (Å²) < 4.78 is 5.23. The van der Waals surface area contributed by atoms with E-state index in [-0.39, 0.29) is 12.3 Å². The van der Waals surface area contributed by atoms with Crippen molar-refractivity contribution in [2.75, 3.05) is 0 Å². The summed E-state index contributed by atoms with van der Waals surface area (Å²) in [5.74, 6) is -1.67. The van der Waals surface area contributed by atoms with Gasteiger partial charge in [0, 0.05) is 11.3 Å². The minimum absolute atomic E-state index is 0.201. The molecular formula is C19H27N5O4. The molecule has 1 rings (SSSR count). The van der Waals surface area contributed by atoms with Gasteiger partial charge in [0.25, 0.3) is 0 Å². The lowest BCUT2D eigenvalue weighted by molar-refractivity contribution is -0.129. The van der Waals surface area contributed by atoms with E-state index in [9.17, 15) is 14.4 Å². The molecule has 0 radical (unpaired) electrons. The molecule has 1 aromatic rings. The van der Waals surface area contributed by atoms with Gasteiger partial charge in [0.1, 0.15) is 11.6 Å². The van der Waals surface area contributed by atoms with Gasteiger partial charge in [0.15, 0.2) is 0 Å². The minimum Gasteiger partial charge on any atom is -0.444 e. The van der Waals surface area contributed by atoms with E-state index in [0.29, 0.717) is 0 Å². The van der Waals surface area contributed by atoms with Gasteiger partial charge in [-0.05, 0) is 42.9 Å². The first-order valence-corrected chi connectivity index (χ1v) is 8.96. The third kappa shape index (κ3) is 8.09. The summed E-state index contributed by atoms with van der Waals surface area (Å²) in [6, 6.07) is 7.15. The quantitative estimate of drug-likeness (QED) is 0.421. The fraction of sp³-hybridized carbons (Fsp3) is 0.526. The molecular weight excluding hydrogens is 362 g/mol. The second-order valence-corrected chi connectivity index (χ2v) is 7.65. The molecule has 0 spiro atoms. The number of amides is 3. The summed E-state index contributed by atoms with van der Waals surface area (Å²) in [6.07, 6.45) is -0.544. The van der Waals surface area contributed by atoms with E-state index in [0.717, 1.165) is 5.56 Å². The van der Waals surface area contributed by atoms with Gasteiger partial charge in [-0.1, -0.05) is 44.2 Å². The highest BCUT2D eigenvalue weighted by Gasteiger charge is 2.29. The summed E-state index contributed by atoms with van der Waals surface area (Å²) in [7, 11) is 0. The molecule has 2 unspecified atom stereocenters. The monoisotopic (exact) mass is 389 g/mol. The first kappa shape index (κ1) is 23.0. The van der Waals surface area contributed by atoms with Gasteiger partial charge in [0.05, 0.1) is 6.04 Å². The molecule has 3 amide bonds. The molecule has 2 N–H and O–H groups in total. The number of hydrogen-bond donors (Lipinski definition) is 2. The third-order valence-electron chi connectivity index (χ3n) is 3.66. The summed E-state index contributed by atoms with van der Waals surface area (Å²) >= 11 is 0. The maximum atomic E-state index is 12.8. The number of hydrogen-bond acceptors (Lipinski definition) is 4. The fourth-order valence-corrected chi connectivity index (χ4v) is 2.38. The Bertz CT molecular complexity index is 736. The molecule has 0 aliphatic carbocycles. The molecule has 28 heavy (non-hydrogen) atoms. The fourth-order valence-electron chi connectivity index (χ4n) is 2.38. The van der Waals surface area contributed by atoms with Crippen molar-refractivity contribution >= 4 is 17.9 Å². The number of benzene rings is 1. The zero-order chi connectivity index (χ0) is 21.3. The van der Waals surface area contributed by atoms with Gasteiger partial charge in [-0.25, -0.2) is 4.79 Å². The number of carbonyl (C=O) groups is 3. The Hall–Kier alpha value is -3.06. The van der Waals surface area contributed by atoms with Gasteiger partial charge in [0.2, 0.25) is 11.8 Å². The van der Waals surface area contributed by atoms with Crippen LogP contribution in [-0.4, -0.2) is 35.6 Å². The number of rotatable bonds is 7. The topological polar surface area (TPSA) is 133 Å². The molecule has 0 heterocycles. The Kier molecular flexibility index (Phi) is 8.47. The average molecular weight is 389 g/mol. The van der Waals surface area contributed by atoms with E-state index in [4.69, 9.17) is 10.3 Å². The van der Waals surface area contributed by atoms with Crippen molar-refractivity contribution in [1.29, 1.82) is 0 Å². The van der Waals surface area contributed by atoms with E-state index in [1.165, 1.54) is 0 Å². The van der Waals surface area contributed by atoms with Crippen LogP contribution < -0.4 is 10.6 Å². The van der Waals surface area contributed by atoms with Gasteiger partial charge < -0.3 is 15.4 Å². The van der Waals surface area contributed by atoms with Crippen molar-refractivity contribution in [2.45, 2.75) is 58.7 Å². The van der Waals surface area contributed by atoms with Crippen LogP contribution in [0.5, 0.6) is 0 Å². The largest absolute Gasteiger partial charge is 0.444 e. The predicted molar refractivity (Wildman–Crippen MR) is 104 cm³/mol. The maximum absolute atomic E-state index is 12.8. The Morgan fingerprint density at radius 2 is 1.75 bits per heavy atom. The van der Waals surface area contributed by atoms with Crippen molar-refractivity contribution < 1.29 is 19.1 Å². The molecule has 2 atom stereocenters. The van der Waals surface area contributed by atoms with Crippen molar-refractivity contribution in [2.24, 2.45) is 11.0 Å². The van der Waals surface area contributed by atoms with Crippen LogP contribution in [0.15, 0.2) is 35.4 Å². The second kappa shape index (κ2) is 10.3. The molecule has 0 aliphatic heterocycles. The normalized spacial score (nSPS) is 13.1. The number of alkyl carbamates (subject to hydrolysis) is 1. The number of ether oxygens (including phenoxy) is 1. The molecule has 0 aliphatic rings. The number of carbonyl (C=O) groups excluding carboxylic acids is 3. The highest BCUT2D eigenvalue weighted by molar-refractivity contribution is 5.91. The van der Waals surface area contributed by atoms with Crippen LogP contribution in [0.1, 0.15) is 40.2 Å². The van der Waals surface area contributed by atoms with Crippen LogP contribution in [0, 0.1) is 5.92 Å². The van der Waals surface area contributed by atoms with Crippen LogP contribution in [0.3, 0.4) is 0 Å². The molecule has 9 nitrogen and oxygen atoms in total. The molecule has 0 aromatic heterocycles.